The van der Waals surface area contributed by atoms with E-state index >= 15 is 0 Å². The van der Waals surface area contributed by atoms with E-state index in [1.807, 2.05) is 0 Å². The summed E-state index contributed by atoms with van der Waals surface area (Å²) in [7, 11) is 1.48. The first-order chi connectivity index (χ1) is 26.2. The van der Waals surface area contributed by atoms with Gasteiger partial charge in [0.1, 0.15) is 6.10 Å². The van der Waals surface area contributed by atoms with Crippen LogP contribution in [0.25, 0.3) is 0 Å². The Labute approximate surface area is 324 Å². The molecular weight excluding hydrogens is 688 g/mol. The standard InChI is InChI=1S/C44H72O10/c1-44(43(48)50-2,35-16-20-37(21-17-35)53-42(47)39-24-15-32(26-40(39)41(45)46)30-11-7-4-8-12-30)36-18-22-38(23-19-36)54-52-28-33-14-13-31(25-34(33)27-51-49)29-9-5-3-6-10-29/h29-40,49H,3-28H2,1-2H3,(H,45,46). The fourth-order valence-corrected chi connectivity index (χ4v) is 12.6. The van der Waals surface area contributed by atoms with Crippen molar-refractivity contribution in [3.8, 4) is 0 Å². The molecule has 6 saturated carbocycles. The van der Waals surface area contributed by atoms with Crippen LogP contribution in [0, 0.1) is 64.6 Å². The molecule has 0 aromatic carbocycles. The Morgan fingerprint density at radius 2 is 1.15 bits per heavy atom. The van der Waals surface area contributed by atoms with Crippen LogP contribution < -0.4 is 0 Å². The summed E-state index contributed by atoms with van der Waals surface area (Å²) >= 11 is 0. The summed E-state index contributed by atoms with van der Waals surface area (Å²) in [5.41, 5.74) is -0.643. The van der Waals surface area contributed by atoms with Gasteiger partial charge in [-0.1, -0.05) is 64.2 Å². The van der Waals surface area contributed by atoms with Crippen molar-refractivity contribution in [3.63, 3.8) is 0 Å². The van der Waals surface area contributed by atoms with Gasteiger partial charge in [-0.15, -0.1) is 0 Å². The highest BCUT2D eigenvalue weighted by Crippen LogP contribution is 2.51. The molecule has 6 aliphatic carbocycles. The second-order valence-electron chi connectivity index (χ2n) is 18.8. The summed E-state index contributed by atoms with van der Waals surface area (Å²) in [4.78, 5) is 55.9. The molecule has 308 valence electrons. The SMILES string of the molecule is COC(=O)C(C)(C1CCC(OOCC2CCC(C3CCCCC3)CC2COO)CC1)C1CCC(OC(=O)C2CCC(C3CCCCC3)CC2C(=O)O)CC1. The Bertz CT molecular complexity index is 1180. The molecule has 7 atom stereocenters. The number of rotatable bonds is 14. The van der Waals surface area contributed by atoms with E-state index in [0.717, 1.165) is 69.6 Å². The Balaban J connectivity index is 0.943. The van der Waals surface area contributed by atoms with Crippen molar-refractivity contribution in [1.82, 2.24) is 0 Å². The summed E-state index contributed by atoms with van der Waals surface area (Å²) in [6.45, 7) is 2.94. The van der Waals surface area contributed by atoms with Gasteiger partial charge in [-0.05, 0) is 144 Å². The number of methoxy groups -OCH3 is 1. The molecule has 10 nitrogen and oxygen atoms in total. The quantitative estimate of drug-likeness (QED) is 0.100. The third kappa shape index (κ3) is 10.2. The van der Waals surface area contributed by atoms with Crippen LogP contribution in [-0.2, 0) is 38.5 Å². The van der Waals surface area contributed by atoms with Crippen LogP contribution in [-0.4, -0.2) is 60.8 Å². The lowest BCUT2D eigenvalue weighted by atomic mass is 9.59. The lowest BCUT2D eigenvalue weighted by molar-refractivity contribution is -0.341. The maximum atomic E-state index is 13.5. The number of carboxylic acids is 1. The average Bonchev–Trinajstić information content (AvgIpc) is 3.21. The molecule has 0 saturated heterocycles. The number of hydrogen-bond acceptors (Lipinski definition) is 9. The van der Waals surface area contributed by atoms with Gasteiger partial charge in [-0.2, -0.15) is 0 Å². The van der Waals surface area contributed by atoms with Gasteiger partial charge < -0.3 is 14.6 Å². The predicted octanol–water partition coefficient (Wildman–Crippen LogP) is 9.57. The zero-order valence-electron chi connectivity index (χ0n) is 33.5. The van der Waals surface area contributed by atoms with E-state index in [9.17, 15) is 24.7 Å². The second-order valence-corrected chi connectivity index (χ2v) is 18.8. The lowest BCUT2D eigenvalue weighted by Gasteiger charge is -2.46. The zero-order valence-corrected chi connectivity index (χ0v) is 33.5. The van der Waals surface area contributed by atoms with Crippen LogP contribution in [0.3, 0.4) is 0 Å². The molecule has 10 heteroatoms. The maximum Gasteiger partial charge on any atom is 0.312 e. The largest absolute Gasteiger partial charge is 0.481 e. The van der Waals surface area contributed by atoms with Gasteiger partial charge in [0.15, 0.2) is 0 Å². The second kappa shape index (κ2) is 20.1. The Hall–Kier alpha value is -1.75. The minimum Gasteiger partial charge on any atom is -0.481 e. The van der Waals surface area contributed by atoms with Crippen molar-refractivity contribution in [2.45, 2.75) is 173 Å². The van der Waals surface area contributed by atoms with Crippen molar-refractivity contribution in [2.24, 2.45) is 64.6 Å². The van der Waals surface area contributed by atoms with Crippen LogP contribution in [0.2, 0.25) is 0 Å². The van der Waals surface area contributed by atoms with Crippen molar-refractivity contribution < 1.29 is 48.9 Å². The smallest absolute Gasteiger partial charge is 0.312 e. The third-order valence-electron chi connectivity index (χ3n) is 16.1. The molecule has 0 aromatic rings. The summed E-state index contributed by atoms with van der Waals surface area (Å²) < 4.78 is 11.5. The molecular formula is C44H72O10. The van der Waals surface area contributed by atoms with E-state index in [2.05, 4.69) is 11.8 Å². The fraction of sp³-hybridized carbons (Fsp3) is 0.932. The van der Waals surface area contributed by atoms with Gasteiger partial charge in [-0.25, -0.2) is 14.7 Å². The molecule has 0 amide bonds. The van der Waals surface area contributed by atoms with Gasteiger partial charge in [-0.3, -0.25) is 19.6 Å². The summed E-state index contributed by atoms with van der Waals surface area (Å²) in [6.07, 6.45) is 24.3. The molecule has 0 aromatic heterocycles. The van der Waals surface area contributed by atoms with Gasteiger partial charge in [0.2, 0.25) is 0 Å². The van der Waals surface area contributed by atoms with Crippen LogP contribution >= 0.6 is 0 Å². The Kier molecular flexibility index (Phi) is 15.6. The van der Waals surface area contributed by atoms with Gasteiger partial charge in [0.25, 0.3) is 0 Å². The Morgan fingerprint density at radius 1 is 0.593 bits per heavy atom. The number of carbonyl (C=O) groups is 3. The lowest BCUT2D eigenvalue weighted by Crippen LogP contribution is -2.47. The third-order valence-corrected chi connectivity index (χ3v) is 16.1. The fourth-order valence-electron chi connectivity index (χ4n) is 12.6. The first kappa shape index (κ1) is 41.9. The van der Waals surface area contributed by atoms with Crippen LogP contribution in [0.5, 0.6) is 0 Å². The van der Waals surface area contributed by atoms with Crippen molar-refractivity contribution >= 4 is 17.9 Å². The zero-order chi connectivity index (χ0) is 38.1. The molecule has 54 heavy (non-hydrogen) atoms. The van der Waals surface area contributed by atoms with Crippen molar-refractivity contribution in [1.29, 1.82) is 0 Å². The predicted molar refractivity (Wildman–Crippen MR) is 203 cm³/mol. The normalized spacial score (nSPS) is 37.2. The van der Waals surface area contributed by atoms with Crippen LogP contribution in [0.15, 0.2) is 0 Å². The maximum absolute atomic E-state index is 13.5. The molecule has 0 bridgehead atoms. The minimum absolute atomic E-state index is 0.0169. The number of aliphatic carboxylic acids is 1. The molecule has 0 radical (unpaired) electrons. The first-order valence-electron chi connectivity index (χ1n) is 22.3. The summed E-state index contributed by atoms with van der Waals surface area (Å²) in [5, 5.41) is 19.4. The summed E-state index contributed by atoms with van der Waals surface area (Å²) in [6, 6.07) is 0. The van der Waals surface area contributed by atoms with Crippen LogP contribution in [0.4, 0.5) is 0 Å². The highest BCUT2D eigenvalue weighted by atomic mass is 17.2. The van der Waals surface area contributed by atoms with Crippen molar-refractivity contribution in [2.75, 3.05) is 20.3 Å². The van der Waals surface area contributed by atoms with E-state index in [4.69, 9.17) is 19.2 Å². The highest BCUT2D eigenvalue weighted by molar-refractivity contribution is 5.81. The number of carboxylic acid groups (broad SMARTS) is 1. The van der Waals surface area contributed by atoms with Crippen LogP contribution in [0.1, 0.15) is 161 Å². The van der Waals surface area contributed by atoms with E-state index < -0.39 is 23.2 Å². The number of esters is 2. The van der Waals surface area contributed by atoms with Gasteiger partial charge >= 0.3 is 17.9 Å². The Morgan fingerprint density at radius 3 is 1.70 bits per heavy atom. The molecule has 6 fully saturated rings. The van der Waals surface area contributed by atoms with Gasteiger partial charge in [0.05, 0.1) is 43.7 Å². The average molecular weight is 761 g/mol. The first-order valence-corrected chi connectivity index (χ1v) is 22.3. The summed E-state index contributed by atoms with van der Waals surface area (Å²) in [5.74, 6) is 0.798. The minimum atomic E-state index is -0.865. The molecule has 0 aliphatic heterocycles. The molecule has 0 spiro atoms. The van der Waals surface area contributed by atoms with E-state index in [-0.39, 0.29) is 41.9 Å². The van der Waals surface area contributed by atoms with E-state index in [1.165, 1.54) is 77.7 Å². The molecule has 0 heterocycles. The molecule has 6 aliphatic rings. The van der Waals surface area contributed by atoms with E-state index in [1.54, 1.807) is 0 Å². The van der Waals surface area contributed by atoms with E-state index in [0.29, 0.717) is 56.7 Å². The molecule has 6 rings (SSSR count). The topological polar surface area (TPSA) is 138 Å². The number of hydrogen-bond donors (Lipinski definition) is 2. The monoisotopic (exact) mass is 761 g/mol. The van der Waals surface area contributed by atoms with Gasteiger partial charge in [0, 0.05) is 0 Å². The van der Waals surface area contributed by atoms with Crippen molar-refractivity contribution in [3.05, 3.63) is 0 Å². The number of carbonyl (C=O) groups excluding carboxylic acids is 2. The molecule has 7 unspecified atom stereocenters. The number of ether oxygens (including phenoxy) is 2. The molecule has 2 N–H and O–H groups in total. The highest BCUT2D eigenvalue weighted by Gasteiger charge is 2.51.